The first kappa shape index (κ1) is 17.1. The quantitative estimate of drug-likeness (QED) is 0.649. The third kappa shape index (κ3) is 4.86. The summed E-state index contributed by atoms with van der Waals surface area (Å²) in [6.07, 6.45) is 6.48. The van der Waals surface area contributed by atoms with E-state index in [1.165, 1.54) is 31.9 Å². The highest BCUT2D eigenvalue weighted by molar-refractivity contribution is 5.90. The first-order valence-corrected chi connectivity index (χ1v) is 8.73. The van der Waals surface area contributed by atoms with Crippen molar-refractivity contribution in [2.75, 3.05) is 23.3 Å². The van der Waals surface area contributed by atoms with Crippen LogP contribution in [-0.4, -0.2) is 25.3 Å². The zero-order valence-electron chi connectivity index (χ0n) is 14.5. The average molecular weight is 340 g/mol. The van der Waals surface area contributed by atoms with Crippen molar-refractivity contribution in [3.63, 3.8) is 0 Å². The van der Waals surface area contributed by atoms with E-state index in [1.54, 1.807) is 0 Å². The van der Waals surface area contributed by atoms with Crippen LogP contribution in [-0.2, 0) is 0 Å². The highest BCUT2D eigenvalue weighted by Gasteiger charge is 2.12. The highest BCUT2D eigenvalue weighted by Crippen LogP contribution is 2.21. The van der Waals surface area contributed by atoms with Crippen LogP contribution in [0.15, 0.2) is 45.9 Å². The van der Waals surface area contributed by atoms with Crippen LogP contribution in [0.3, 0.4) is 0 Å². The minimum Gasteiger partial charge on any atom is -0.440 e. The molecule has 1 aromatic carbocycles. The molecule has 3 rings (SSSR count). The fourth-order valence-corrected chi connectivity index (χ4v) is 2.89. The zero-order chi connectivity index (χ0) is 17.5. The number of nitrogens with one attached hydrogen (secondary N) is 2. The number of anilines is 2. The van der Waals surface area contributed by atoms with Crippen LogP contribution in [0.4, 0.5) is 16.4 Å². The SMILES string of the molecule is Cc1ccccc1NC(=O)NN=Cc1ccc(N2CCCCCC2)o1. The maximum atomic E-state index is 11.9. The van der Waals surface area contributed by atoms with E-state index in [0.717, 1.165) is 30.2 Å². The molecule has 0 atom stereocenters. The number of hydrogen-bond acceptors (Lipinski definition) is 4. The van der Waals surface area contributed by atoms with Gasteiger partial charge in [0.2, 0.25) is 0 Å². The van der Waals surface area contributed by atoms with Crippen molar-refractivity contribution in [1.82, 2.24) is 5.43 Å². The molecule has 6 nitrogen and oxygen atoms in total. The fourth-order valence-electron chi connectivity index (χ4n) is 2.89. The second-order valence-corrected chi connectivity index (χ2v) is 6.22. The Kier molecular flexibility index (Phi) is 5.72. The molecule has 0 bridgehead atoms. The van der Waals surface area contributed by atoms with Crippen LogP contribution < -0.4 is 15.6 Å². The van der Waals surface area contributed by atoms with Gasteiger partial charge in [-0.3, -0.25) is 0 Å². The molecular formula is C19H24N4O2. The molecule has 0 saturated carbocycles. The Hall–Kier alpha value is -2.76. The van der Waals surface area contributed by atoms with Crippen molar-refractivity contribution < 1.29 is 9.21 Å². The van der Waals surface area contributed by atoms with Gasteiger partial charge in [-0.1, -0.05) is 31.0 Å². The number of hydrazone groups is 1. The van der Waals surface area contributed by atoms with Gasteiger partial charge in [0.15, 0.2) is 5.88 Å². The summed E-state index contributed by atoms with van der Waals surface area (Å²) in [6.45, 7) is 3.99. The van der Waals surface area contributed by atoms with Crippen LogP contribution >= 0.6 is 0 Å². The molecule has 2 amide bonds. The van der Waals surface area contributed by atoms with Gasteiger partial charge in [0.25, 0.3) is 0 Å². The second kappa shape index (κ2) is 8.37. The highest BCUT2D eigenvalue weighted by atomic mass is 16.4. The Bertz CT molecular complexity index is 731. The number of urea groups is 1. The molecule has 1 saturated heterocycles. The monoisotopic (exact) mass is 340 g/mol. The van der Waals surface area contributed by atoms with Crippen molar-refractivity contribution in [2.24, 2.45) is 5.10 Å². The summed E-state index contributed by atoms with van der Waals surface area (Å²) in [5.41, 5.74) is 4.21. The Morgan fingerprint density at radius 2 is 1.88 bits per heavy atom. The fraction of sp³-hybridized carbons (Fsp3) is 0.368. The third-order valence-corrected chi connectivity index (χ3v) is 4.28. The summed E-state index contributed by atoms with van der Waals surface area (Å²) in [7, 11) is 0. The van der Waals surface area contributed by atoms with E-state index in [9.17, 15) is 4.79 Å². The molecule has 1 fully saturated rings. The third-order valence-electron chi connectivity index (χ3n) is 4.28. The van der Waals surface area contributed by atoms with Crippen LogP contribution in [0.25, 0.3) is 0 Å². The van der Waals surface area contributed by atoms with Crippen molar-refractivity contribution in [3.8, 4) is 0 Å². The number of benzene rings is 1. The number of amides is 2. The largest absolute Gasteiger partial charge is 0.440 e. The first-order chi connectivity index (χ1) is 12.2. The molecule has 0 aliphatic carbocycles. The molecule has 2 N–H and O–H groups in total. The number of furan rings is 1. The molecule has 0 unspecified atom stereocenters. The maximum absolute atomic E-state index is 11.9. The van der Waals surface area contributed by atoms with Gasteiger partial charge in [0.05, 0.1) is 6.21 Å². The van der Waals surface area contributed by atoms with E-state index in [1.807, 2.05) is 43.3 Å². The molecule has 1 aromatic heterocycles. The van der Waals surface area contributed by atoms with Gasteiger partial charge in [0.1, 0.15) is 5.76 Å². The van der Waals surface area contributed by atoms with Gasteiger partial charge in [-0.15, -0.1) is 0 Å². The summed E-state index contributed by atoms with van der Waals surface area (Å²) < 4.78 is 5.80. The van der Waals surface area contributed by atoms with Gasteiger partial charge >= 0.3 is 6.03 Å². The lowest BCUT2D eigenvalue weighted by Gasteiger charge is -2.18. The van der Waals surface area contributed by atoms with Gasteiger partial charge < -0.3 is 14.6 Å². The number of carbonyl (C=O) groups is 1. The molecule has 0 spiro atoms. The van der Waals surface area contributed by atoms with Gasteiger partial charge in [-0.25, -0.2) is 10.2 Å². The van der Waals surface area contributed by atoms with Crippen LogP contribution in [0.5, 0.6) is 0 Å². The summed E-state index contributed by atoms with van der Waals surface area (Å²) in [6, 6.07) is 11.0. The Balaban J connectivity index is 1.52. The van der Waals surface area contributed by atoms with E-state index in [2.05, 4.69) is 20.7 Å². The summed E-state index contributed by atoms with van der Waals surface area (Å²) in [5, 5.41) is 6.70. The Morgan fingerprint density at radius 1 is 1.12 bits per heavy atom. The molecule has 6 heteroatoms. The normalized spacial score (nSPS) is 15.2. The molecule has 132 valence electrons. The molecule has 25 heavy (non-hydrogen) atoms. The van der Waals surface area contributed by atoms with E-state index >= 15 is 0 Å². The second-order valence-electron chi connectivity index (χ2n) is 6.22. The predicted octanol–water partition coefficient (Wildman–Crippen LogP) is 4.12. The molecule has 2 aromatic rings. The van der Waals surface area contributed by atoms with Crippen LogP contribution in [0, 0.1) is 6.92 Å². The first-order valence-electron chi connectivity index (χ1n) is 8.73. The molecule has 0 radical (unpaired) electrons. The van der Waals surface area contributed by atoms with Crippen molar-refractivity contribution in [3.05, 3.63) is 47.7 Å². The number of hydrogen-bond donors (Lipinski definition) is 2. The average Bonchev–Trinajstić information content (AvgIpc) is 2.90. The summed E-state index contributed by atoms with van der Waals surface area (Å²) in [4.78, 5) is 14.1. The Labute approximate surface area is 147 Å². The van der Waals surface area contributed by atoms with Crippen LogP contribution in [0.1, 0.15) is 37.0 Å². The van der Waals surface area contributed by atoms with Crippen LogP contribution in [0.2, 0.25) is 0 Å². The lowest BCUT2D eigenvalue weighted by Crippen LogP contribution is -2.24. The van der Waals surface area contributed by atoms with E-state index in [4.69, 9.17) is 4.42 Å². The number of aryl methyl sites for hydroxylation is 1. The number of nitrogens with zero attached hydrogens (tertiary/aromatic N) is 2. The predicted molar refractivity (Wildman–Crippen MR) is 100 cm³/mol. The van der Waals surface area contributed by atoms with Crippen molar-refractivity contribution in [2.45, 2.75) is 32.6 Å². The minimum absolute atomic E-state index is 0.384. The van der Waals surface area contributed by atoms with E-state index in [0.29, 0.717) is 5.76 Å². The lowest BCUT2D eigenvalue weighted by molar-refractivity contribution is 0.252. The zero-order valence-corrected chi connectivity index (χ0v) is 14.5. The number of carbonyl (C=O) groups excluding carboxylic acids is 1. The summed E-state index contributed by atoms with van der Waals surface area (Å²) in [5.74, 6) is 1.49. The smallest absolute Gasteiger partial charge is 0.339 e. The van der Waals surface area contributed by atoms with Gasteiger partial charge in [0, 0.05) is 24.8 Å². The standard InChI is InChI=1S/C19H24N4O2/c1-15-8-4-5-9-17(15)21-19(24)22-20-14-16-10-11-18(25-16)23-12-6-2-3-7-13-23/h4-5,8-11,14H,2-3,6-7,12-13H2,1H3,(H2,21,22,24). The molecule has 1 aliphatic rings. The van der Waals surface area contributed by atoms with E-state index in [-0.39, 0.29) is 6.03 Å². The maximum Gasteiger partial charge on any atom is 0.339 e. The number of rotatable bonds is 4. The topological polar surface area (TPSA) is 69.9 Å². The molecule has 2 heterocycles. The molecular weight excluding hydrogens is 316 g/mol. The Morgan fingerprint density at radius 3 is 2.64 bits per heavy atom. The van der Waals surface area contributed by atoms with Gasteiger partial charge in [-0.2, -0.15) is 5.10 Å². The summed E-state index contributed by atoms with van der Waals surface area (Å²) >= 11 is 0. The molecule has 1 aliphatic heterocycles. The minimum atomic E-state index is -0.384. The lowest BCUT2D eigenvalue weighted by atomic mass is 10.2. The number of para-hydroxylation sites is 1. The van der Waals surface area contributed by atoms with Crippen molar-refractivity contribution in [1.29, 1.82) is 0 Å². The van der Waals surface area contributed by atoms with Crippen molar-refractivity contribution >= 4 is 23.8 Å². The van der Waals surface area contributed by atoms with E-state index < -0.39 is 0 Å². The van der Waals surface area contributed by atoms with Gasteiger partial charge in [-0.05, 0) is 37.5 Å².